The lowest BCUT2D eigenvalue weighted by Gasteiger charge is -2.12. The Morgan fingerprint density at radius 3 is 2.62 bits per heavy atom. The highest BCUT2D eigenvalue weighted by atomic mass is 35.5. The van der Waals surface area contributed by atoms with E-state index in [1.165, 1.54) is 7.05 Å². The van der Waals surface area contributed by atoms with Gasteiger partial charge in [-0.1, -0.05) is 11.6 Å². The van der Waals surface area contributed by atoms with Crippen LogP contribution in [0.25, 0.3) is 10.9 Å². The highest BCUT2D eigenvalue weighted by Gasteiger charge is 2.17. The van der Waals surface area contributed by atoms with Crippen LogP contribution in [-0.2, 0) is 0 Å². The van der Waals surface area contributed by atoms with E-state index in [1.54, 1.807) is 18.2 Å². The Hall–Kier alpha value is -1.67. The first kappa shape index (κ1) is 22.3. The van der Waals surface area contributed by atoms with Crippen LogP contribution < -0.4 is 16.2 Å². The van der Waals surface area contributed by atoms with Crippen molar-refractivity contribution >= 4 is 59.2 Å². The molecular weight excluding hydrogens is 377 g/mol. The van der Waals surface area contributed by atoms with Gasteiger partial charge in [-0.2, -0.15) is 0 Å². The molecule has 0 spiro atoms. The van der Waals surface area contributed by atoms with Crippen LogP contribution in [-0.4, -0.2) is 41.9 Å². The van der Waals surface area contributed by atoms with Gasteiger partial charge in [-0.15, -0.1) is 24.8 Å². The number of aromatic nitrogens is 1. The summed E-state index contributed by atoms with van der Waals surface area (Å²) in [6.07, 6.45) is 0.744. The number of carbonyl (C=O) groups is 1. The first-order valence-corrected chi connectivity index (χ1v) is 7.09. The van der Waals surface area contributed by atoms with Crippen LogP contribution in [0.3, 0.4) is 0 Å². The molecule has 0 saturated carbocycles. The number of nitrogens with zero attached hydrogens (tertiary/aromatic N) is 1. The molecule has 0 aliphatic heterocycles. The fraction of sp³-hybridized carbons (Fsp3) is 0.286. The lowest BCUT2D eigenvalue weighted by Crippen LogP contribution is -2.38. The van der Waals surface area contributed by atoms with Crippen LogP contribution in [0.2, 0.25) is 5.02 Å². The number of halogens is 3. The number of ether oxygens (including phenoxy) is 1. The molecule has 2 rings (SSSR count). The van der Waals surface area contributed by atoms with Gasteiger partial charge in [0.2, 0.25) is 0 Å². The number of carbonyl (C=O) groups excluding carboxylic acids is 1. The van der Waals surface area contributed by atoms with Gasteiger partial charge < -0.3 is 21.2 Å². The molecule has 0 unspecified atom stereocenters. The SMILES string of the molecule is CN(C(=N)N)C(=O)c1cc2c(Cl)cc(OCCCN)cc2[nH]1.Cl.Cl. The van der Waals surface area contributed by atoms with E-state index in [9.17, 15) is 4.79 Å². The molecule has 0 radical (unpaired) electrons. The Morgan fingerprint density at radius 2 is 2.04 bits per heavy atom. The van der Waals surface area contributed by atoms with Crippen molar-refractivity contribution in [1.82, 2.24) is 9.88 Å². The number of amides is 1. The Kier molecular flexibility index (Phi) is 8.92. The number of H-pyrrole nitrogens is 1. The van der Waals surface area contributed by atoms with Crippen molar-refractivity contribution in [2.45, 2.75) is 6.42 Å². The molecule has 0 bridgehead atoms. The Morgan fingerprint density at radius 1 is 1.38 bits per heavy atom. The van der Waals surface area contributed by atoms with Gasteiger partial charge in [-0.25, -0.2) is 0 Å². The smallest absolute Gasteiger partial charge is 0.276 e. The molecule has 1 aromatic carbocycles. The molecule has 7 nitrogen and oxygen atoms in total. The van der Waals surface area contributed by atoms with Crippen molar-refractivity contribution in [3.8, 4) is 5.75 Å². The lowest BCUT2D eigenvalue weighted by molar-refractivity contribution is 0.0864. The molecule has 1 heterocycles. The van der Waals surface area contributed by atoms with E-state index < -0.39 is 5.91 Å². The fourth-order valence-electron chi connectivity index (χ4n) is 1.93. The van der Waals surface area contributed by atoms with Gasteiger partial charge in [0.05, 0.1) is 17.1 Å². The number of hydrogen-bond acceptors (Lipinski definition) is 4. The van der Waals surface area contributed by atoms with E-state index >= 15 is 0 Å². The minimum Gasteiger partial charge on any atom is -0.493 e. The average Bonchev–Trinajstić information content (AvgIpc) is 2.90. The third-order valence-corrected chi connectivity index (χ3v) is 3.49. The first-order chi connectivity index (χ1) is 10.4. The Bertz CT molecular complexity index is 720. The summed E-state index contributed by atoms with van der Waals surface area (Å²) < 4.78 is 5.56. The van der Waals surface area contributed by atoms with Crippen molar-refractivity contribution in [2.75, 3.05) is 20.2 Å². The topological polar surface area (TPSA) is 121 Å². The van der Waals surface area contributed by atoms with Gasteiger partial charge in [0, 0.05) is 18.5 Å². The predicted octanol–water partition coefficient (Wildman–Crippen LogP) is 2.36. The third kappa shape index (κ3) is 4.91. The molecule has 1 amide bonds. The van der Waals surface area contributed by atoms with Crippen LogP contribution in [0.15, 0.2) is 18.2 Å². The average molecular weight is 397 g/mol. The van der Waals surface area contributed by atoms with Crippen LogP contribution in [0.4, 0.5) is 0 Å². The summed E-state index contributed by atoms with van der Waals surface area (Å²) in [6, 6.07) is 5.09. The lowest BCUT2D eigenvalue weighted by atomic mass is 10.2. The van der Waals surface area contributed by atoms with Crippen molar-refractivity contribution in [1.29, 1.82) is 5.41 Å². The van der Waals surface area contributed by atoms with Crippen LogP contribution in [0.5, 0.6) is 5.75 Å². The first-order valence-electron chi connectivity index (χ1n) is 6.71. The monoisotopic (exact) mass is 395 g/mol. The van der Waals surface area contributed by atoms with Crippen LogP contribution in [0.1, 0.15) is 16.9 Å². The van der Waals surface area contributed by atoms with Crippen LogP contribution >= 0.6 is 36.4 Å². The predicted molar refractivity (Wildman–Crippen MR) is 101 cm³/mol. The van der Waals surface area contributed by atoms with E-state index in [2.05, 4.69) is 4.98 Å². The molecule has 2 aromatic rings. The van der Waals surface area contributed by atoms with E-state index in [1.807, 2.05) is 0 Å². The summed E-state index contributed by atoms with van der Waals surface area (Å²) in [4.78, 5) is 16.2. The summed E-state index contributed by atoms with van der Waals surface area (Å²) in [5, 5.41) is 8.47. The fourth-order valence-corrected chi connectivity index (χ4v) is 2.19. The molecule has 0 atom stereocenters. The summed E-state index contributed by atoms with van der Waals surface area (Å²) in [7, 11) is 1.43. The summed E-state index contributed by atoms with van der Waals surface area (Å²) in [6.45, 7) is 1.05. The second-order valence-corrected chi connectivity index (χ2v) is 5.20. The number of aromatic amines is 1. The number of nitrogens with two attached hydrogens (primary N) is 2. The van der Waals surface area contributed by atoms with E-state index in [0.717, 1.165) is 11.3 Å². The number of hydrogen-bond donors (Lipinski definition) is 4. The second kappa shape index (κ2) is 9.58. The molecule has 0 aliphatic carbocycles. The zero-order valence-corrected chi connectivity index (χ0v) is 15.4. The maximum Gasteiger partial charge on any atom is 0.276 e. The normalized spacial score (nSPS) is 9.79. The van der Waals surface area contributed by atoms with Gasteiger partial charge in [-0.3, -0.25) is 15.1 Å². The summed E-state index contributed by atoms with van der Waals surface area (Å²) in [5.41, 5.74) is 11.7. The van der Waals surface area contributed by atoms with Gasteiger partial charge in [0.15, 0.2) is 5.96 Å². The molecule has 1 aromatic heterocycles. The maximum absolute atomic E-state index is 12.1. The van der Waals surface area contributed by atoms with E-state index in [4.69, 9.17) is 33.2 Å². The van der Waals surface area contributed by atoms with E-state index in [0.29, 0.717) is 40.5 Å². The molecule has 0 fully saturated rings. The zero-order chi connectivity index (χ0) is 16.3. The largest absolute Gasteiger partial charge is 0.493 e. The molecule has 0 aliphatic rings. The van der Waals surface area contributed by atoms with Crippen molar-refractivity contribution in [3.05, 3.63) is 28.9 Å². The van der Waals surface area contributed by atoms with Gasteiger partial charge >= 0.3 is 0 Å². The number of guanidine groups is 1. The zero-order valence-electron chi connectivity index (χ0n) is 13.0. The molecule has 0 saturated heterocycles. The molecule has 10 heteroatoms. The Labute approximate surface area is 157 Å². The minimum absolute atomic E-state index is 0. The minimum atomic E-state index is -0.412. The molecule has 6 N–H and O–H groups in total. The molecule has 134 valence electrons. The summed E-state index contributed by atoms with van der Waals surface area (Å²) >= 11 is 6.22. The van der Waals surface area contributed by atoms with Crippen molar-refractivity contribution < 1.29 is 9.53 Å². The third-order valence-electron chi connectivity index (χ3n) is 3.17. The Balaban J connectivity index is 0.00000264. The highest BCUT2D eigenvalue weighted by molar-refractivity contribution is 6.35. The van der Waals surface area contributed by atoms with E-state index in [-0.39, 0.29) is 30.8 Å². The van der Waals surface area contributed by atoms with Crippen molar-refractivity contribution in [3.63, 3.8) is 0 Å². The number of fused-ring (bicyclic) bond motifs is 1. The quantitative estimate of drug-likeness (QED) is 0.352. The van der Waals surface area contributed by atoms with Gasteiger partial charge in [-0.05, 0) is 25.1 Å². The number of rotatable bonds is 5. The number of nitrogens with one attached hydrogen (secondary N) is 2. The van der Waals surface area contributed by atoms with Gasteiger partial charge in [0.25, 0.3) is 5.91 Å². The van der Waals surface area contributed by atoms with Gasteiger partial charge in [0.1, 0.15) is 11.4 Å². The molecular formula is C14H20Cl3N5O2. The maximum atomic E-state index is 12.1. The summed E-state index contributed by atoms with van der Waals surface area (Å²) in [5.74, 6) is -0.141. The number of benzene rings is 1. The molecule has 24 heavy (non-hydrogen) atoms. The highest BCUT2D eigenvalue weighted by Crippen LogP contribution is 2.30. The standard InChI is InChI=1S/C14H18ClN5O2.2ClH/c1-20(14(17)18)13(21)12-7-9-10(15)5-8(6-11(9)19-12)22-4-2-3-16;;/h5-7,19H,2-4,16H2,1H3,(H3,17,18);2*1H. The second-order valence-electron chi connectivity index (χ2n) is 4.79. The van der Waals surface area contributed by atoms with Crippen molar-refractivity contribution in [2.24, 2.45) is 11.5 Å². The van der Waals surface area contributed by atoms with Crippen LogP contribution in [0, 0.1) is 5.41 Å².